The van der Waals surface area contributed by atoms with Crippen LogP contribution in [0.25, 0.3) is 11.1 Å². The van der Waals surface area contributed by atoms with E-state index in [1.54, 1.807) is 13.8 Å². The first-order valence-electron chi connectivity index (χ1n) is 13.5. The van der Waals surface area contributed by atoms with Gasteiger partial charge in [0.25, 0.3) is 0 Å². The summed E-state index contributed by atoms with van der Waals surface area (Å²) >= 11 is 0. The number of hydrogen-bond donors (Lipinski definition) is 0. The van der Waals surface area contributed by atoms with Crippen LogP contribution < -0.4 is 4.74 Å². The molecule has 0 aromatic heterocycles. The Balaban J connectivity index is 1.74. The number of halogens is 10. The van der Waals surface area contributed by atoms with E-state index in [1.165, 1.54) is 20.1 Å². The van der Waals surface area contributed by atoms with Gasteiger partial charge in [0.15, 0.2) is 0 Å². The molecular weight excluding hydrogens is 624 g/mol. The van der Waals surface area contributed by atoms with E-state index in [9.17, 15) is 48.7 Å². The van der Waals surface area contributed by atoms with Gasteiger partial charge in [-0.2, -0.15) is 39.5 Å². The van der Waals surface area contributed by atoms with Gasteiger partial charge in [0.1, 0.15) is 17.7 Å². The third-order valence-electron chi connectivity index (χ3n) is 7.47. The molecule has 0 spiro atoms. The van der Waals surface area contributed by atoms with Gasteiger partial charge in [-0.1, -0.05) is 26.8 Å². The van der Waals surface area contributed by atoms with Crippen molar-refractivity contribution in [2.45, 2.75) is 57.9 Å². The highest BCUT2D eigenvalue weighted by atomic mass is 19.4. The van der Waals surface area contributed by atoms with Crippen molar-refractivity contribution in [3.63, 3.8) is 0 Å². The summed E-state index contributed by atoms with van der Waals surface area (Å²) in [5, 5.41) is 0. The highest BCUT2D eigenvalue weighted by molar-refractivity contribution is 5.76. The SMILES string of the molecule is COc1cc(F)c(C(C)C)cc1-c1ccc(C(F)(F)F)cc1CN1C[C@H](C)[C@@H](c2cc(C(F)(F)F)cc(C(F)(F)F)c2)OC1=O. The fourth-order valence-electron chi connectivity index (χ4n) is 5.25. The molecule has 3 aromatic carbocycles. The first-order chi connectivity index (χ1) is 20.7. The maximum absolute atomic E-state index is 14.7. The largest absolute Gasteiger partial charge is 0.496 e. The minimum Gasteiger partial charge on any atom is -0.496 e. The second-order valence-electron chi connectivity index (χ2n) is 11.1. The van der Waals surface area contributed by atoms with Gasteiger partial charge in [-0.05, 0) is 64.6 Å². The van der Waals surface area contributed by atoms with Crippen LogP contribution in [-0.4, -0.2) is 24.6 Å². The van der Waals surface area contributed by atoms with Crippen molar-refractivity contribution >= 4 is 6.09 Å². The van der Waals surface area contributed by atoms with Crippen LogP contribution in [0.3, 0.4) is 0 Å². The molecule has 0 radical (unpaired) electrons. The van der Waals surface area contributed by atoms with Crippen LogP contribution in [-0.2, 0) is 29.8 Å². The Morgan fingerprint density at radius 3 is 1.93 bits per heavy atom. The van der Waals surface area contributed by atoms with Crippen LogP contribution in [0, 0.1) is 11.7 Å². The van der Waals surface area contributed by atoms with Crippen molar-refractivity contribution in [2.24, 2.45) is 5.92 Å². The Hall–Kier alpha value is -3.97. The second-order valence-corrected chi connectivity index (χ2v) is 11.1. The van der Waals surface area contributed by atoms with E-state index in [0.29, 0.717) is 12.1 Å². The van der Waals surface area contributed by atoms with Gasteiger partial charge in [-0.25, -0.2) is 9.18 Å². The molecular formula is C31H27F10NO3. The molecule has 1 aliphatic heterocycles. The van der Waals surface area contributed by atoms with Crippen molar-refractivity contribution in [3.05, 3.63) is 87.7 Å². The summed E-state index contributed by atoms with van der Waals surface area (Å²) in [6.07, 6.45) is -17.7. The second kappa shape index (κ2) is 12.1. The molecule has 2 atom stereocenters. The third-order valence-corrected chi connectivity index (χ3v) is 7.47. The zero-order valence-corrected chi connectivity index (χ0v) is 24.2. The number of hydrogen-bond acceptors (Lipinski definition) is 3. The number of alkyl halides is 9. The first kappa shape index (κ1) is 33.9. The Morgan fingerprint density at radius 2 is 1.42 bits per heavy atom. The van der Waals surface area contributed by atoms with E-state index in [4.69, 9.17) is 9.47 Å². The molecule has 1 fully saturated rings. The number of cyclic esters (lactones) is 1. The Bertz CT molecular complexity index is 1550. The van der Waals surface area contributed by atoms with E-state index in [2.05, 4.69) is 0 Å². The standard InChI is InChI=1S/C31H27F10NO3/c1-15(2)23-11-24(26(44-4)12-25(23)32)22-6-5-19(29(33,34)35)9-18(22)14-42-13-16(3)27(45-28(42)43)17-7-20(30(36,37)38)10-21(8-17)31(39,40)41/h5-12,15-16,27H,13-14H2,1-4H3/t16-,27-/m0/s1. The summed E-state index contributed by atoms with van der Waals surface area (Å²) in [5.41, 5.74) is -4.11. The van der Waals surface area contributed by atoms with Crippen LogP contribution in [0.15, 0.2) is 48.5 Å². The van der Waals surface area contributed by atoms with Gasteiger partial charge in [0.05, 0.1) is 23.8 Å². The van der Waals surface area contributed by atoms with Gasteiger partial charge in [-0.3, -0.25) is 0 Å². The van der Waals surface area contributed by atoms with Crippen molar-refractivity contribution in [1.29, 1.82) is 0 Å². The molecule has 0 unspecified atom stereocenters. The number of benzene rings is 3. The normalized spacial score (nSPS) is 17.9. The van der Waals surface area contributed by atoms with Crippen molar-refractivity contribution < 1.29 is 58.2 Å². The number of nitrogens with zero attached hydrogens (tertiary/aromatic N) is 1. The molecule has 1 aliphatic rings. The topological polar surface area (TPSA) is 38.8 Å². The molecule has 45 heavy (non-hydrogen) atoms. The lowest BCUT2D eigenvalue weighted by molar-refractivity contribution is -0.143. The molecule has 1 amide bonds. The van der Waals surface area contributed by atoms with E-state index < -0.39 is 71.3 Å². The van der Waals surface area contributed by atoms with Crippen LogP contribution in [0.1, 0.15) is 66.2 Å². The molecule has 14 heteroatoms. The monoisotopic (exact) mass is 651 g/mol. The number of rotatable bonds is 6. The zero-order chi connectivity index (χ0) is 33.6. The summed E-state index contributed by atoms with van der Waals surface area (Å²) in [6.45, 7) is 4.08. The predicted octanol–water partition coefficient (Wildman–Crippen LogP) is 10.0. The molecule has 244 valence electrons. The van der Waals surface area contributed by atoms with Crippen LogP contribution >= 0.6 is 0 Å². The first-order valence-corrected chi connectivity index (χ1v) is 13.5. The quantitative estimate of drug-likeness (QED) is 0.249. The Kier molecular flexibility index (Phi) is 9.11. The summed E-state index contributed by atoms with van der Waals surface area (Å²) in [5.74, 6) is -1.77. The minimum atomic E-state index is -5.12. The zero-order valence-electron chi connectivity index (χ0n) is 24.2. The average Bonchev–Trinajstić information content (AvgIpc) is 2.92. The van der Waals surface area contributed by atoms with Crippen LogP contribution in [0.5, 0.6) is 5.75 Å². The van der Waals surface area contributed by atoms with E-state index in [1.807, 2.05) is 0 Å². The number of carbonyl (C=O) groups excluding carboxylic acids is 1. The van der Waals surface area contributed by atoms with Gasteiger partial charge < -0.3 is 14.4 Å². The molecule has 0 aliphatic carbocycles. The van der Waals surface area contributed by atoms with E-state index in [0.717, 1.165) is 29.2 Å². The lowest BCUT2D eigenvalue weighted by Crippen LogP contribution is -2.43. The fraction of sp³-hybridized carbons (Fsp3) is 0.387. The molecule has 0 saturated carbocycles. The number of methoxy groups -OCH3 is 1. The molecule has 4 nitrogen and oxygen atoms in total. The van der Waals surface area contributed by atoms with Gasteiger partial charge in [0.2, 0.25) is 0 Å². The highest BCUT2D eigenvalue weighted by Gasteiger charge is 2.41. The van der Waals surface area contributed by atoms with Gasteiger partial charge >= 0.3 is 24.6 Å². The van der Waals surface area contributed by atoms with Crippen molar-refractivity contribution in [1.82, 2.24) is 4.90 Å². The lowest BCUT2D eigenvalue weighted by Gasteiger charge is -2.37. The molecule has 0 N–H and O–H groups in total. The molecule has 1 heterocycles. The Labute approximate surface area is 251 Å². The smallest absolute Gasteiger partial charge is 0.416 e. The van der Waals surface area contributed by atoms with Gasteiger partial charge in [0, 0.05) is 30.6 Å². The molecule has 3 aromatic rings. The van der Waals surface area contributed by atoms with Crippen molar-refractivity contribution in [3.8, 4) is 16.9 Å². The minimum absolute atomic E-state index is 0.0116. The van der Waals surface area contributed by atoms with E-state index >= 15 is 0 Å². The summed E-state index contributed by atoms with van der Waals surface area (Å²) in [7, 11) is 1.25. The van der Waals surface area contributed by atoms with Crippen LogP contribution in [0.2, 0.25) is 0 Å². The molecule has 0 bridgehead atoms. The van der Waals surface area contributed by atoms with Crippen molar-refractivity contribution in [2.75, 3.05) is 13.7 Å². The summed E-state index contributed by atoms with van der Waals surface area (Å²) in [4.78, 5) is 14.1. The molecule has 1 saturated heterocycles. The fourth-order valence-corrected chi connectivity index (χ4v) is 5.25. The van der Waals surface area contributed by atoms with Crippen LogP contribution in [0.4, 0.5) is 48.7 Å². The number of amides is 1. The highest BCUT2D eigenvalue weighted by Crippen LogP contribution is 2.43. The summed E-state index contributed by atoms with van der Waals surface area (Å²) < 4.78 is 147. The average molecular weight is 652 g/mol. The van der Waals surface area contributed by atoms with E-state index in [-0.39, 0.29) is 46.5 Å². The Morgan fingerprint density at radius 1 is 0.844 bits per heavy atom. The summed E-state index contributed by atoms with van der Waals surface area (Å²) in [6, 6.07) is 6.20. The number of carbonyl (C=O) groups is 1. The predicted molar refractivity (Wildman–Crippen MR) is 143 cm³/mol. The maximum Gasteiger partial charge on any atom is 0.416 e. The maximum atomic E-state index is 14.7. The number of ether oxygens (including phenoxy) is 2. The molecule has 4 rings (SSSR count). The lowest BCUT2D eigenvalue weighted by atomic mass is 9.91. The van der Waals surface area contributed by atoms with Gasteiger partial charge in [-0.15, -0.1) is 0 Å². The third kappa shape index (κ3) is 7.30.